The summed E-state index contributed by atoms with van der Waals surface area (Å²) >= 11 is 0. The molecule has 0 bridgehead atoms. The number of aliphatic hydroxyl groups excluding tert-OH is 1. The van der Waals surface area contributed by atoms with Crippen LogP contribution in [-0.2, 0) is 37.9 Å². The molecular formula is C27H30N4O6S2. The molecule has 1 amide bonds. The van der Waals surface area contributed by atoms with Crippen molar-refractivity contribution in [3.05, 3.63) is 108 Å². The van der Waals surface area contributed by atoms with E-state index in [0.29, 0.717) is 12.1 Å². The first kappa shape index (κ1) is 28.1. The van der Waals surface area contributed by atoms with E-state index in [2.05, 4.69) is 10.0 Å². The number of aryl methyl sites for hydroxylation is 1. The van der Waals surface area contributed by atoms with Gasteiger partial charge in [-0.1, -0.05) is 60.7 Å². The number of anilines is 1. The molecule has 0 saturated heterocycles. The van der Waals surface area contributed by atoms with Gasteiger partial charge < -0.3 is 10.4 Å². The molecule has 4 N–H and O–H groups in total. The molecule has 1 unspecified atom stereocenters. The molecular weight excluding hydrogens is 540 g/mol. The molecule has 1 aliphatic heterocycles. The van der Waals surface area contributed by atoms with Crippen LogP contribution in [0.15, 0.2) is 102 Å². The van der Waals surface area contributed by atoms with E-state index in [1.54, 1.807) is 30.3 Å². The van der Waals surface area contributed by atoms with Gasteiger partial charge in [0, 0.05) is 6.54 Å². The highest BCUT2D eigenvalue weighted by Crippen LogP contribution is 2.23. The van der Waals surface area contributed by atoms with Crippen LogP contribution in [0.2, 0.25) is 0 Å². The zero-order valence-corrected chi connectivity index (χ0v) is 22.7. The fraction of sp³-hybridized carbons (Fsp3) is 0.222. The largest absolute Gasteiger partial charge is 0.493 e. The minimum atomic E-state index is -3.98. The fourth-order valence-corrected chi connectivity index (χ4v) is 6.36. The number of benzene rings is 3. The summed E-state index contributed by atoms with van der Waals surface area (Å²) in [5, 5.41) is 12.4. The zero-order chi connectivity index (χ0) is 27.9. The molecule has 1 heterocycles. The Kier molecular flexibility index (Phi) is 8.90. The van der Waals surface area contributed by atoms with Crippen LogP contribution in [0.25, 0.3) is 0 Å². The molecule has 0 aromatic heterocycles. The Hall–Kier alpha value is -3.87. The summed E-state index contributed by atoms with van der Waals surface area (Å²) in [6.45, 7) is 0.393. The van der Waals surface area contributed by atoms with Gasteiger partial charge in [0.05, 0.1) is 16.8 Å². The predicted molar refractivity (Wildman–Crippen MR) is 148 cm³/mol. The first-order chi connectivity index (χ1) is 18.6. The van der Waals surface area contributed by atoms with Gasteiger partial charge in [0.25, 0.3) is 0 Å². The molecule has 0 fully saturated rings. The number of unbranched alkanes of at least 4 members (excludes halogenated alkanes) is 1. The molecule has 3 aromatic rings. The van der Waals surface area contributed by atoms with Crippen LogP contribution in [0.4, 0.5) is 5.69 Å². The Bertz CT molecular complexity index is 1510. The highest BCUT2D eigenvalue weighted by molar-refractivity contribution is 7.91. The van der Waals surface area contributed by atoms with Crippen molar-refractivity contribution in [3.8, 4) is 0 Å². The number of nitrogens with one attached hydrogen (secondary N) is 3. The van der Waals surface area contributed by atoms with Crippen LogP contribution >= 0.6 is 0 Å². The maximum atomic E-state index is 13.1. The first-order valence-electron chi connectivity index (χ1n) is 12.3. The molecule has 0 saturated carbocycles. The van der Waals surface area contributed by atoms with Gasteiger partial charge in [0.2, 0.25) is 21.8 Å². The number of aliphatic hydroxyl groups is 1. The first-order valence-corrected chi connectivity index (χ1v) is 15.3. The summed E-state index contributed by atoms with van der Waals surface area (Å²) in [5.74, 6) is -0.965. The summed E-state index contributed by atoms with van der Waals surface area (Å²) in [5.41, 5.74) is 2.08. The number of hydrogen-bond donors (Lipinski definition) is 4. The normalized spacial score (nSPS) is 15.3. The lowest BCUT2D eigenvalue weighted by molar-refractivity contribution is -0.122. The minimum Gasteiger partial charge on any atom is -0.493 e. The quantitative estimate of drug-likeness (QED) is 0.247. The van der Waals surface area contributed by atoms with E-state index >= 15 is 0 Å². The van der Waals surface area contributed by atoms with Crippen LogP contribution in [0.5, 0.6) is 0 Å². The molecule has 1 atom stereocenters. The van der Waals surface area contributed by atoms with Crippen molar-refractivity contribution in [2.24, 2.45) is 0 Å². The van der Waals surface area contributed by atoms with E-state index in [0.717, 1.165) is 29.8 Å². The summed E-state index contributed by atoms with van der Waals surface area (Å²) in [6.07, 6.45) is 3.54. The molecule has 39 heavy (non-hydrogen) atoms. The summed E-state index contributed by atoms with van der Waals surface area (Å²) in [7, 11) is -7.92. The van der Waals surface area contributed by atoms with Crippen LogP contribution in [0.1, 0.15) is 24.0 Å². The number of amides is 1. The lowest BCUT2D eigenvalue weighted by atomic mass is 10.1. The number of rotatable bonds is 12. The van der Waals surface area contributed by atoms with Gasteiger partial charge in [-0.15, -0.1) is 0 Å². The fourth-order valence-electron chi connectivity index (χ4n) is 4.09. The third-order valence-electron chi connectivity index (χ3n) is 6.06. The second-order valence-electron chi connectivity index (χ2n) is 9.01. The number of hydrogen-bond acceptors (Lipinski definition) is 6. The van der Waals surface area contributed by atoms with Crippen molar-refractivity contribution >= 4 is 31.8 Å². The average molecular weight is 571 g/mol. The SMILES string of the molecule is O=C(NCCCCc1ccccc1)C(Cc1ccc(N2C=C(O)NS2(=O)=O)cc1)NS(=O)(=O)c1ccccc1. The van der Waals surface area contributed by atoms with Crippen molar-refractivity contribution in [2.45, 2.75) is 36.6 Å². The van der Waals surface area contributed by atoms with Crippen molar-refractivity contribution in [1.29, 1.82) is 0 Å². The van der Waals surface area contributed by atoms with Gasteiger partial charge in [0.1, 0.15) is 6.04 Å². The number of nitrogens with zero attached hydrogens (tertiary/aromatic N) is 1. The Labute approximate surface area is 228 Å². The second-order valence-corrected chi connectivity index (χ2v) is 12.3. The van der Waals surface area contributed by atoms with E-state index in [1.807, 2.05) is 35.1 Å². The van der Waals surface area contributed by atoms with Crippen molar-refractivity contribution < 1.29 is 26.7 Å². The van der Waals surface area contributed by atoms with Crippen molar-refractivity contribution in [2.75, 3.05) is 10.8 Å². The van der Waals surface area contributed by atoms with Gasteiger partial charge in [-0.25, -0.2) is 17.4 Å². The third kappa shape index (κ3) is 7.59. The number of carbonyl (C=O) groups is 1. The number of sulfonamides is 1. The van der Waals surface area contributed by atoms with Crippen LogP contribution in [0.3, 0.4) is 0 Å². The van der Waals surface area contributed by atoms with Crippen molar-refractivity contribution in [3.63, 3.8) is 0 Å². The molecule has 12 heteroatoms. The minimum absolute atomic E-state index is 0.0360. The maximum absolute atomic E-state index is 13.1. The van der Waals surface area contributed by atoms with E-state index in [9.17, 15) is 26.7 Å². The topological polar surface area (TPSA) is 145 Å². The lowest BCUT2D eigenvalue weighted by Crippen LogP contribution is -2.48. The Balaban J connectivity index is 1.43. The third-order valence-corrected chi connectivity index (χ3v) is 8.85. The van der Waals surface area contributed by atoms with Gasteiger partial charge in [-0.2, -0.15) is 13.1 Å². The molecule has 0 radical (unpaired) electrons. The average Bonchev–Trinajstić information content (AvgIpc) is 3.21. The van der Waals surface area contributed by atoms with E-state index in [4.69, 9.17) is 0 Å². The predicted octanol–water partition coefficient (Wildman–Crippen LogP) is 2.73. The molecule has 0 spiro atoms. The second kappa shape index (κ2) is 12.3. The monoisotopic (exact) mass is 570 g/mol. The van der Waals surface area contributed by atoms with Gasteiger partial charge in [-0.05, 0) is 61.1 Å². The standard InChI is InChI=1S/C27H30N4O6S2/c32-26-20-31(39(36,37)30-26)23-16-14-22(15-17-23)19-25(29-38(34,35)24-12-5-2-6-13-24)27(33)28-18-8-7-11-21-9-3-1-4-10-21/h1-6,9-10,12-17,20,25,29-30,32H,7-8,11,18-19H2,(H,28,33). The molecule has 3 aromatic carbocycles. The van der Waals surface area contributed by atoms with Crippen molar-refractivity contribution in [1.82, 2.24) is 14.8 Å². The van der Waals surface area contributed by atoms with E-state index in [1.165, 1.54) is 29.8 Å². The summed E-state index contributed by atoms with van der Waals surface area (Å²) in [6, 6.07) is 22.9. The molecule has 4 rings (SSSR count). The Morgan fingerprint density at radius 2 is 1.54 bits per heavy atom. The maximum Gasteiger partial charge on any atom is 0.330 e. The highest BCUT2D eigenvalue weighted by atomic mass is 32.2. The molecule has 10 nitrogen and oxygen atoms in total. The Morgan fingerprint density at radius 1 is 0.897 bits per heavy atom. The molecule has 0 aliphatic carbocycles. The Morgan fingerprint density at radius 3 is 2.15 bits per heavy atom. The molecule has 1 aliphatic rings. The van der Waals surface area contributed by atoms with Crippen LogP contribution < -0.4 is 19.1 Å². The van der Waals surface area contributed by atoms with Crippen LogP contribution in [-0.4, -0.2) is 40.4 Å². The van der Waals surface area contributed by atoms with Gasteiger partial charge in [-0.3, -0.25) is 4.79 Å². The summed E-state index contributed by atoms with van der Waals surface area (Å²) < 4.78 is 55.6. The van der Waals surface area contributed by atoms with Gasteiger partial charge >= 0.3 is 10.2 Å². The van der Waals surface area contributed by atoms with Crippen LogP contribution in [0, 0.1) is 0 Å². The highest BCUT2D eigenvalue weighted by Gasteiger charge is 2.29. The molecule has 206 valence electrons. The number of carbonyl (C=O) groups excluding carboxylic acids is 1. The lowest BCUT2D eigenvalue weighted by Gasteiger charge is -2.20. The van der Waals surface area contributed by atoms with E-state index < -0.39 is 38.1 Å². The summed E-state index contributed by atoms with van der Waals surface area (Å²) in [4.78, 5) is 13.2. The zero-order valence-electron chi connectivity index (χ0n) is 21.0. The van der Waals surface area contributed by atoms with E-state index in [-0.39, 0.29) is 17.0 Å². The van der Waals surface area contributed by atoms with Gasteiger partial charge in [0.15, 0.2) is 0 Å². The smallest absolute Gasteiger partial charge is 0.330 e.